The average molecular weight is 309 g/mol. The molecule has 1 aromatic rings. The van der Waals surface area contributed by atoms with Crippen LogP contribution >= 0.6 is 0 Å². The van der Waals surface area contributed by atoms with Gasteiger partial charge in [0, 0.05) is 5.92 Å². The van der Waals surface area contributed by atoms with Gasteiger partial charge in [0.2, 0.25) is 0 Å². The summed E-state index contributed by atoms with van der Waals surface area (Å²) in [4.78, 5) is 25.2. The predicted molar refractivity (Wildman–Crippen MR) is 77.8 cm³/mol. The molecule has 1 saturated heterocycles. The highest BCUT2D eigenvalue weighted by atomic mass is 19.1. The molecule has 2 rings (SSSR count). The van der Waals surface area contributed by atoms with E-state index < -0.39 is 30.2 Å². The molecule has 1 aliphatic rings. The van der Waals surface area contributed by atoms with Crippen molar-refractivity contribution in [2.24, 2.45) is 5.92 Å². The Morgan fingerprint density at radius 1 is 1.27 bits per heavy atom. The van der Waals surface area contributed by atoms with Crippen LogP contribution in [0.15, 0.2) is 30.3 Å². The maximum absolute atomic E-state index is 13.9. The van der Waals surface area contributed by atoms with E-state index in [1.165, 1.54) is 0 Å². The minimum Gasteiger partial charge on any atom is -0.464 e. The van der Waals surface area contributed by atoms with E-state index in [4.69, 9.17) is 9.47 Å². The Hall–Kier alpha value is -2.11. The first kappa shape index (κ1) is 16.3. The third-order valence-electron chi connectivity index (χ3n) is 3.74. The third kappa shape index (κ3) is 3.55. The van der Waals surface area contributed by atoms with Crippen LogP contribution in [0.5, 0.6) is 0 Å². The summed E-state index contributed by atoms with van der Waals surface area (Å²) in [6, 6.07) is 8.23. The first-order valence-corrected chi connectivity index (χ1v) is 7.32. The Bertz CT molecular complexity index is 522. The molecule has 1 heterocycles. The number of esters is 1. The van der Waals surface area contributed by atoms with E-state index in [9.17, 15) is 14.0 Å². The molecule has 2 unspecified atom stereocenters. The summed E-state index contributed by atoms with van der Waals surface area (Å²) >= 11 is 0. The molecule has 0 radical (unpaired) electrons. The lowest BCUT2D eigenvalue weighted by molar-refractivity contribution is -0.149. The number of halogens is 1. The van der Waals surface area contributed by atoms with E-state index in [0.29, 0.717) is 0 Å². The van der Waals surface area contributed by atoms with Crippen LogP contribution in [-0.2, 0) is 20.9 Å². The molecule has 0 N–H and O–H groups in total. The molecule has 0 aliphatic carbocycles. The number of amides is 1. The topological polar surface area (TPSA) is 55.8 Å². The van der Waals surface area contributed by atoms with Crippen molar-refractivity contribution in [1.29, 1.82) is 0 Å². The summed E-state index contributed by atoms with van der Waals surface area (Å²) in [7, 11) is 0. The fraction of sp³-hybridized carbons (Fsp3) is 0.500. The average Bonchev–Trinajstić information content (AvgIpc) is 2.82. The van der Waals surface area contributed by atoms with Gasteiger partial charge in [-0.2, -0.15) is 0 Å². The summed E-state index contributed by atoms with van der Waals surface area (Å²) in [5, 5.41) is 0. The molecular formula is C16H20FNO4. The summed E-state index contributed by atoms with van der Waals surface area (Å²) < 4.78 is 24.0. The molecule has 22 heavy (non-hydrogen) atoms. The fourth-order valence-electron chi connectivity index (χ4n) is 2.51. The number of rotatable bonds is 4. The Morgan fingerprint density at radius 3 is 2.59 bits per heavy atom. The van der Waals surface area contributed by atoms with Gasteiger partial charge in [-0.25, -0.2) is 14.0 Å². The van der Waals surface area contributed by atoms with Crippen LogP contribution in [0, 0.1) is 5.92 Å². The maximum atomic E-state index is 13.9. The quantitative estimate of drug-likeness (QED) is 0.802. The second-order valence-electron chi connectivity index (χ2n) is 5.26. The van der Waals surface area contributed by atoms with Gasteiger partial charge in [0.25, 0.3) is 0 Å². The van der Waals surface area contributed by atoms with Crippen molar-refractivity contribution in [3.63, 3.8) is 0 Å². The second kappa shape index (κ2) is 7.24. The molecule has 1 aromatic carbocycles. The molecule has 0 aromatic heterocycles. The van der Waals surface area contributed by atoms with Crippen molar-refractivity contribution in [3.05, 3.63) is 35.9 Å². The van der Waals surface area contributed by atoms with Gasteiger partial charge in [-0.1, -0.05) is 37.3 Å². The van der Waals surface area contributed by atoms with Crippen molar-refractivity contribution in [1.82, 2.24) is 4.90 Å². The van der Waals surface area contributed by atoms with Gasteiger partial charge in [-0.3, -0.25) is 4.90 Å². The molecule has 6 heteroatoms. The normalized spacial score (nSPS) is 24.1. The zero-order valence-electron chi connectivity index (χ0n) is 12.7. The number of carbonyl (C=O) groups excluding carboxylic acids is 2. The molecule has 1 fully saturated rings. The number of nitrogens with zero attached hydrogens (tertiary/aromatic N) is 1. The minimum atomic E-state index is -1.27. The molecule has 0 bridgehead atoms. The lowest BCUT2D eigenvalue weighted by Crippen LogP contribution is -2.44. The molecule has 1 amide bonds. The molecule has 5 nitrogen and oxygen atoms in total. The van der Waals surface area contributed by atoms with Gasteiger partial charge in [-0.05, 0) is 12.5 Å². The van der Waals surface area contributed by atoms with E-state index in [-0.39, 0.29) is 19.8 Å². The Labute approximate surface area is 129 Å². The van der Waals surface area contributed by atoms with Crippen LogP contribution in [0.3, 0.4) is 0 Å². The molecule has 120 valence electrons. The van der Waals surface area contributed by atoms with Crippen LogP contribution in [0.4, 0.5) is 9.18 Å². The fourth-order valence-corrected chi connectivity index (χ4v) is 2.51. The molecule has 0 saturated carbocycles. The van der Waals surface area contributed by atoms with Crippen molar-refractivity contribution in [2.45, 2.75) is 32.7 Å². The van der Waals surface area contributed by atoms with Crippen LogP contribution in [0.2, 0.25) is 0 Å². The van der Waals surface area contributed by atoms with Gasteiger partial charge in [0.15, 0.2) is 0 Å². The molecule has 0 spiro atoms. The SMILES string of the molecule is CCOC(=O)[C@@H]1C(C)C(F)CN1C(=O)OCc1ccccc1. The van der Waals surface area contributed by atoms with E-state index >= 15 is 0 Å². The van der Waals surface area contributed by atoms with E-state index in [1.807, 2.05) is 30.3 Å². The van der Waals surface area contributed by atoms with E-state index in [0.717, 1.165) is 10.5 Å². The number of ether oxygens (including phenoxy) is 2. The first-order chi connectivity index (χ1) is 10.5. The maximum Gasteiger partial charge on any atom is 0.410 e. The van der Waals surface area contributed by atoms with E-state index in [1.54, 1.807) is 13.8 Å². The number of hydrogen-bond acceptors (Lipinski definition) is 4. The Balaban J connectivity index is 2.01. The van der Waals surface area contributed by atoms with Crippen LogP contribution in [0.25, 0.3) is 0 Å². The van der Waals surface area contributed by atoms with Crippen LogP contribution < -0.4 is 0 Å². The van der Waals surface area contributed by atoms with Gasteiger partial charge in [-0.15, -0.1) is 0 Å². The largest absolute Gasteiger partial charge is 0.464 e. The number of benzene rings is 1. The van der Waals surface area contributed by atoms with Crippen molar-refractivity contribution >= 4 is 12.1 Å². The van der Waals surface area contributed by atoms with Gasteiger partial charge >= 0.3 is 12.1 Å². The van der Waals surface area contributed by atoms with Crippen molar-refractivity contribution in [2.75, 3.05) is 13.2 Å². The highest BCUT2D eigenvalue weighted by Gasteiger charge is 2.47. The third-order valence-corrected chi connectivity index (χ3v) is 3.74. The lowest BCUT2D eigenvalue weighted by atomic mass is 10.0. The molecule has 3 atom stereocenters. The highest BCUT2D eigenvalue weighted by molar-refractivity contribution is 5.82. The highest BCUT2D eigenvalue weighted by Crippen LogP contribution is 2.28. The minimum absolute atomic E-state index is 0.0804. The van der Waals surface area contributed by atoms with Crippen molar-refractivity contribution in [3.8, 4) is 0 Å². The van der Waals surface area contributed by atoms with Crippen molar-refractivity contribution < 1.29 is 23.5 Å². The summed E-state index contributed by atoms with van der Waals surface area (Å²) in [5.74, 6) is -1.20. The van der Waals surface area contributed by atoms with E-state index in [2.05, 4.69) is 0 Å². The zero-order valence-corrected chi connectivity index (χ0v) is 12.7. The number of likely N-dealkylation sites (tertiary alicyclic amines) is 1. The smallest absolute Gasteiger partial charge is 0.410 e. The second-order valence-corrected chi connectivity index (χ2v) is 5.26. The van der Waals surface area contributed by atoms with Gasteiger partial charge in [0.1, 0.15) is 18.8 Å². The van der Waals surface area contributed by atoms with Crippen LogP contribution in [0.1, 0.15) is 19.4 Å². The van der Waals surface area contributed by atoms with Crippen LogP contribution in [-0.4, -0.2) is 42.3 Å². The van der Waals surface area contributed by atoms with Gasteiger partial charge < -0.3 is 9.47 Å². The standard InChI is InChI=1S/C16H20FNO4/c1-3-21-15(19)14-11(2)13(17)9-18(14)16(20)22-10-12-7-5-4-6-8-12/h4-8,11,13-14H,3,9-10H2,1-2H3/t11?,13?,14-/m0/s1. The Morgan fingerprint density at radius 2 is 1.95 bits per heavy atom. The monoisotopic (exact) mass is 309 g/mol. The number of alkyl halides is 1. The number of carbonyl (C=O) groups is 2. The Kier molecular flexibility index (Phi) is 5.35. The number of hydrogen-bond donors (Lipinski definition) is 0. The zero-order chi connectivity index (χ0) is 16.1. The summed E-state index contributed by atoms with van der Waals surface area (Å²) in [6.45, 7) is 3.38. The van der Waals surface area contributed by atoms with Gasteiger partial charge in [0.05, 0.1) is 13.2 Å². The molecular weight excluding hydrogens is 289 g/mol. The first-order valence-electron chi connectivity index (χ1n) is 7.32. The molecule has 1 aliphatic heterocycles. The lowest BCUT2D eigenvalue weighted by Gasteiger charge is -2.24. The predicted octanol–water partition coefficient (Wildman–Crippen LogP) is 2.54. The summed E-state index contributed by atoms with van der Waals surface area (Å²) in [6.07, 6.45) is -1.97. The summed E-state index contributed by atoms with van der Waals surface area (Å²) in [5.41, 5.74) is 0.826.